The number of carbonyl (C=O) groups is 1. The zero-order valence-electron chi connectivity index (χ0n) is 9.05. The van der Waals surface area contributed by atoms with Crippen molar-refractivity contribution in [3.05, 3.63) is 25.4 Å². The largest absolute Gasteiger partial charge is 0.693 e. The van der Waals surface area contributed by atoms with Crippen LogP contribution in [0, 0.1) is 7.43 Å². The van der Waals surface area contributed by atoms with Gasteiger partial charge in [0.2, 0.25) is 0 Å². The summed E-state index contributed by atoms with van der Waals surface area (Å²) >= 11 is 0. The standard InChI is InChI=1S/C5H8O2.C3H8.2CH4.CH3.Ir.H2N/c1-4(6)3-5(2)7;1-3-2;;;;;/h3,6H,1-2H3;3H2,1-2H3;2*1H4;1H3;;1H2/q;;;;-1;;-1. The van der Waals surface area contributed by atoms with Crippen molar-refractivity contribution < 1.29 is 30.0 Å². The van der Waals surface area contributed by atoms with Gasteiger partial charge in [-0.2, -0.15) is 0 Å². The molecule has 0 saturated heterocycles. The van der Waals surface area contributed by atoms with Crippen LogP contribution < -0.4 is 0 Å². The number of nitrogens with two attached hydrogens (primary N) is 1. The van der Waals surface area contributed by atoms with Gasteiger partial charge in [0.05, 0.1) is 5.76 Å². The summed E-state index contributed by atoms with van der Waals surface area (Å²) in [6.45, 7) is 7.10. The molecule has 0 spiro atoms. The number of rotatable bonds is 1. The van der Waals surface area contributed by atoms with E-state index in [1.807, 2.05) is 0 Å². The maximum Gasteiger partial charge on any atom is 0.155 e. The summed E-state index contributed by atoms with van der Waals surface area (Å²) in [5.41, 5.74) is 0. The maximum absolute atomic E-state index is 10.0. The van der Waals surface area contributed by atoms with Crippen LogP contribution in [-0.4, -0.2) is 10.9 Å². The molecular formula is C11H29IrNO2-2. The SMILES string of the molecule is C.C.CC(=O)C=C(C)O.CCC.[CH3-].[Ir].[NH2-]. The first kappa shape index (κ1) is 46.3. The molecule has 4 heteroatoms. The van der Waals surface area contributed by atoms with E-state index >= 15 is 0 Å². The van der Waals surface area contributed by atoms with Crippen LogP contribution in [0.15, 0.2) is 11.8 Å². The summed E-state index contributed by atoms with van der Waals surface area (Å²) in [7, 11) is 0. The minimum absolute atomic E-state index is 0. The van der Waals surface area contributed by atoms with Crippen LogP contribution in [0.1, 0.15) is 49.0 Å². The van der Waals surface area contributed by atoms with Gasteiger partial charge in [0.25, 0.3) is 0 Å². The predicted molar refractivity (Wildman–Crippen MR) is 68.2 cm³/mol. The van der Waals surface area contributed by atoms with E-state index in [0.29, 0.717) is 0 Å². The van der Waals surface area contributed by atoms with Gasteiger partial charge in [-0.3, -0.25) is 4.79 Å². The van der Waals surface area contributed by atoms with Crippen molar-refractivity contribution in [2.45, 2.75) is 49.0 Å². The van der Waals surface area contributed by atoms with E-state index in [1.165, 1.54) is 26.3 Å². The zero-order valence-corrected chi connectivity index (χ0v) is 11.4. The molecular weight excluding hydrogens is 370 g/mol. The summed E-state index contributed by atoms with van der Waals surface area (Å²) in [5, 5.41) is 8.36. The maximum atomic E-state index is 10.0. The monoisotopic (exact) mass is 400 g/mol. The van der Waals surface area contributed by atoms with Crippen LogP contribution in [0.25, 0.3) is 6.15 Å². The Bertz CT molecular complexity index is 122. The molecule has 0 fully saturated rings. The molecule has 101 valence electrons. The topological polar surface area (TPSA) is 70.8 Å². The summed E-state index contributed by atoms with van der Waals surface area (Å²) < 4.78 is 0. The van der Waals surface area contributed by atoms with Crippen molar-refractivity contribution >= 4 is 5.78 Å². The molecule has 0 atom stereocenters. The van der Waals surface area contributed by atoms with Gasteiger partial charge in [0.1, 0.15) is 0 Å². The first-order chi connectivity index (χ1) is 4.54. The number of allylic oxidation sites excluding steroid dienone is 2. The molecule has 0 bridgehead atoms. The number of ketones is 1. The third-order valence-electron chi connectivity index (χ3n) is 0.412. The van der Waals surface area contributed by atoms with Crippen LogP contribution in [-0.2, 0) is 24.9 Å². The Morgan fingerprint density at radius 2 is 1.40 bits per heavy atom. The minimum atomic E-state index is -0.125. The van der Waals surface area contributed by atoms with Crippen molar-refractivity contribution in [3.8, 4) is 0 Å². The smallest absolute Gasteiger partial charge is 0.155 e. The Hall–Kier alpha value is -0.181. The van der Waals surface area contributed by atoms with E-state index in [-0.39, 0.29) is 60.1 Å². The molecule has 3 N–H and O–H groups in total. The van der Waals surface area contributed by atoms with Crippen molar-refractivity contribution in [2.24, 2.45) is 0 Å². The van der Waals surface area contributed by atoms with E-state index < -0.39 is 0 Å². The summed E-state index contributed by atoms with van der Waals surface area (Å²) in [5.74, 6) is -0.0625. The number of aliphatic hydroxyl groups excluding tert-OH is 1. The molecule has 0 aromatic carbocycles. The third-order valence-corrected chi connectivity index (χ3v) is 0.412. The molecule has 1 radical (unpaired) electrons. The first-order valence-corrected chi connectivity index (χ1v) is 3.42. The number of carbonyl (C=O) groups excluding carboxylic acids is 1. The molecule has 0 unspecified atom stereocenters. The van der Waals surface area contributed by atoms with Gasteiger partial charge in [0.15, 0.2) is 5.78 Å². The molecule has 0 aliphatic rings. The second-order valence-corrected chi connectivity index (χ2v) is 2.10. The first-order valence-electron chi connectivity index (χ1n) is 3.42. The minimum Gasteiger partial charge on any atom is -0.693 e. The number of hydrogen-bond acceptors (Lipinski definition) is 2. The second-order valence-electron chi connectivity index (χ2n) is 2.10. The molecule has 0 aliphatic carbocycles. The Morgan fingerprint density at radius 3 is 1.40 bits per heavy atom. The Labute approximate surface area is 110 Å². The van der Waals surface area contributed by atoms with Gasteiger partial charge >= 0.3 is 0 Å². The average Bonchev–Trinajstić information content (AvgIpc) is 1.62. The van der Waals surface area contributed by atoms with E-state index in [1.54, 1.807) is 0 Å². The molecule has 15 heavy (non-hydrogen) atoms. The van der Waals surface area contributed by atoms with E-state index in [9.17, 15) is 4.79 Å². The van der Waals surface area contributed by atoms with Crippen molar-refractivity contribution in [1.29, 1.82) is 0 Å². The Morgan fingerprint density at radius 1 is 1.20 bits per heavy atom. The van der Waals surface area contributed by atoms with Crippen LogP contribution >= 0.6 is 0 Å². The molecule has 0 saturated carbocycles. The molecule has 0 heterocycles. The summed E-state index contributed by atoms with van der Waals surface area (Å²) in [4.78, 5) is 10.0. The van der Waals surface area contributed by atoms with Gasteiger partial charge in [0, 0.05) is 26.2 Å². The third kappa shape index (κ3) is 132. The molecule has 0 aromatic rings. The van der Waals surface area contributed by atoms with Gasteiger partial charge in [-0.1, -0.05) is 35.1 Å². The van der Waals surface area contributed by atoms with E-state index in [4.69, 9.17) is 5.11 Å². The van der Waals surface area contributed by atoms with Gasteiger partial charge < -0.3 is 18.7 Å². The molecule has 3 nitrogen and oxygen atoms in total. The van der Waals surface area contributed by atoms with Gasteiger partial charge in [-0.25, -0.2) is 0 Å². The molecule has 0 rings (SSSR count). The molecule has 0 aliphatic heterocycles. The summed E-state index contributed by atoms with van der Waals surface area (Å²) in [6, 6.07) is 0. The fraction of sp³-hybridized carbons (Fsp3) is 0.636. The van der Waals surface area contributed by atoms with Crippen LogP contribution in [0.3, 0.4) is 0 Å². The Balaban J connectivity index is -0.0000000147. The van der Waals surface area contributed by atoms with E-state index in [0.717, 1.165) is 0 Å². The quantitative estimate of drug-likeness (QED) is 0.387. The second kappa shape index (κ2) is 37.1. The Kier molecular flexibility index (Phi) is 115. The normalized spacial score (nSPS) is 6.53. The van der Waals surface area contributed by atoms with Crippen LogP contribution in [0.4, 0.5) is 0 Å². The molecule has 0 aromatic heterocycles. The van der Waals surface area contributed by atoms with Crippen molar-refractivity contribution in [2.75, 3.05) is 0 Å². The van der Waals surface area contributed by atoms with Gasteiger partial charge in [-0.15, -0.1) is 0 Å². The van der Waals surface area contributed by atoms with Crippen LogP contribution in [0.2, 0.25) is 0 Å². The van der Waals surface area contributed by atoms with Crippen LogP contribution in [0.5, 0.6) is 0 Å². The van der Waals surface area contributed by atoms with Crippen molar-refractivity contribution in [3.63, 3.8) is 0 Å². The molecule has 0 amide bonds. The van der Waals surface area contributed by atoms with Crippen molar-refractivity contribution in [1.82, 2.24) is 0 Å². The fourth-order valence-corrected chi connectivity index (χ4v) is 0.294. The van der Waals surface area contributed by atoms with E-state index in [2.05, 4.69) is 13.8 Å². The number of hydrogen-bond donors (Lipinski definition) is 1. The fourth-order valence-electron chi connectivity index (χ4n) is 0.294. The average molecular weight is 400 g/mol. The van der Waals surface area contributed by atoms with Gasteiger partial charge in [-0.05, 0) is 13.8 Å². The summed E-state index contributed by atoms with van der Waals surface area (Å²) in [6.07, 6.45) is 2.42. The number of aliphatic hydroxyl groups is 1. The zero-order chi connectivity index (χ0) is 8.57. The predicted octanol–water partition coefficient (Wildman–Crippen LogP) is 4.89.